The Morgan fingerprint density at radius 1 is 0.564 bits per heavy atom. The van der Waals surface area contributed by atoms with Gasteiger partial charge in [0.25, 0.3) is 10.0 Å². The molecule has 0 saturated carbocycles. The summed E-state index contributed by atoms with van der Waals surface area (Å²) >= 11 is 0. The summed E-state index contributed by atoms with van der Waals surface area (Å²) in [6.07, 6.45) is 0. The zero-order chi connectivity index (χ0) is 28.0. The number of carbonyl (C=O) groups excluding carboxylic acids is 2. The van der Waals surface area contributed by atoms with Crippen molar-refractivity contribution in [2.45, 2.75) is 25.7 Å². The lowest BCUT2D eigenvalue weighted by molar-refractivity contribution is 0.261. The van der Waals surface area contributed by atoms with E-state index in [1.54, 1.807) is 49.4 Å². The van der Waals surface area contributed by atoms with E-state index in [9.17, 15) is 18.0 Å². The highest BCUT2D eigenvalue weighted by molar-refractivity contribution is 7.92. The molecule has 0 bridgehead atoms. The van der Waals surface area contributed by atoms with E-state index >= 15 is 0 Å². The Kier molecular flexibility index (Phi) is 8.16. The molecule has 4 amide bonds. The van der Waals surface area contributed by atoms with Crippen LogP contribution in [-0.4, -0.2) is 20.5 Å². The van der Waals surface area contributed by atoms with Crippen LogP contribution in [0.4, 0.5) is 38.0 Å². The SMILES string of the molecule is Cc1ccc(NC(=O)Nc2ccc(NS(=O)(=O)c3ccccc3C)cc2NC(=O)Nc2ccc(C)cc2)cc1. The van der Waals surface area contributed by atoms with Gasteiger partial charge >= 0.3 is 12.1 Å². The molecule has 0 saturated heterocycles. The van der Waals surface area contributed by atoms with Crippen molar-refractivity contribution < 1.29 is 18.0 Å². The number of aryl methyl sites for hydroxylation is 3. The fraction of sp³-hybridized carbons (Fsp3) is 0.103. The Morgan fingerprint density at radius 3 is 1.59 bits per heavy atom. The summed E-state index contributed by atoms with van der Waals surface area (Å²) in [7, 11) is -3.90. The average molecular weight is 544 g/mol. The van der Waals surface area contributed by atoms with Gasteiger partial charge in [0.1, 0.15) is 0 Å². The van der Waals surface area contributed by atoms with Crippen molar-refractivity contribution in [3.05, 3.63) is 108 Å². The average Bonchev–Trinajstić information content (AvgIpc) is 2.88. The lowest BCUT2D eigenvalue weighted by atomic mass is 10.2. The monoisotopic (exact) mass is 543 g/mol. The summed E-state index contributed by atoms with van der Waals surface area (Å²) in [5.41, 5.74) is 4.49. The van der Waals surface area contributed by atoms with Gasteiger partial charge < -0.3 is 21.3 Å². The number of carbonyl (C=O) groups is 2. The van der Waals surface area contributed by atoms with E-state index in [1.165, 1.54) is 24.3 Å². The Bertz CT molecular complexity index is 1600. The topological polar surface area (TPSA) is 128 Å². The molecule has 0 unspecified atom stereocenters. The number of amides is 4. The van der Waals surface area contributed by atoms with Gasteiger partial charge in [0.2, 0.25) is 0 Å². The van der Waals surface area contributed by atoms with Crippen molar-refractivity contribution >= 4 is 50.5 Å². The number of nitrogens with one attached hydrogen (secondary N) is 5. The van der Waals surface area contributed by atoms with Crippen LogP contribution in [0.2, 0.25) is 0 Å². The second-order valence-electron chi connectivity index (χ2n) is 9.02. The first kappa shape index (κ1) is 27.2. The van der Waals surface area contributed by atoms with Crippen LogP contribution >= 0.6 is 0 Å². The van der Waals surface area contributed by atoms with Crippen molar-refractivity contribution in [2.24, 2.45) is 0 Å². The molecule has 39 heavy (non-hydrogen) atoms. The van der Waals surface area contributed by atoms with Crippen LogP contribution in [0, 0.1) is 20.8 Å². The van der Waals surface area contributed by atoms with Gasteiger partial charge in [-0.15, -0.1) is 0 Å². The van der Waals surface area contributed by atoms with Crippen LogP contribution in [0.15, 0.2) is 95.9 Å². The summed E-state index contributed by atoms with van der Waals surface area (Å²) in [6.45, 7) is 5.59. The second kappa shape index (κ2) is 11.7. The molecule has 200 valence electrons. The van der Waals surface area contributed by atoms with Gasteiger partial charge in [-0.3, -0.25) is 4.72 Å². The van der Waals surface area contributed by atoms with Gasteiger partial charge in [0.15, 0.2) is 0 Å². The summed E-state index contributed by atoms with van der Waals surface area (Å²) in [4.78, 5) is 25.6. The van der Waals surface area contributed by atoms with Crippen LogP contribution in [-0.2, 0) is 10.0 Å². The number of urea groups is 2. The zero-order valence-electron chi connectivity index (χ0n) is 21.7. The van der Waals surface area contributed by atoms with Gasteiger partial charge in [0.05, 0.1) is 22.0 Å². The fourth-order valence-corrected chi connectivity index (χ4v) is 5.03. The molecule has 0 aliphatic rings. The van der Waals surface area contributed by atoms with Crippen molar-refractivity contribution in [2.75, 3.05) is 26.0 Å². The third-order valence-corrected chi connectivity index (χ3v) is 7.31. The lowest BCUT2D eigenvalue weighted by Gasteiger charge is -2.16. The minimum Gasteiger partial charge on any atom is -0.308 e. The largest absolute Gasteiger partial charge is 0.323 e. The quantitative estimate of drug-likeness (QED) is 0.178. The van der Waals surface area contributed by atoms with E-state index < -0.39 is 22.1 Å². The Labute approximate surface area is 227 Å². The van der Waals surface area contributed by atoms with Crippen LogP contribution in [0.25, 0.3) is 0 Å². The molecule has 0 radical (unpaired) electrons. The van der Waals surface area contributed by atoms with Crippen LogP contribution < -0.4 is 26.0 Å². The fourth-order valence-electron chi connectivity index (χ4n) is 3.73. The minimum absolute atomic E-state index is 0.135. The molecule has 0 spiro atoms. The molecule has 4 rings (SSSR count). The van der Waals surface area contributed by atoms with Crippen molar-refractivity contribution in [3.8, 4) is 0 Å². The Balaban J connectivity index is 1.58. The molecule has 0 aliphatic carbocycles. The number of anilines is 5. The highest BCUT2D eigenvalue weighted by Crippen LogP contribution is 2.28. The smallest absolute Gasteiger partial charge is 0.308 e. The summed E-state index contributed by atoms with van der Waals surface area (Å²) < 4.78 is 28.6. The molecule has 5 N–H and O–H groups in total. The molecule has 9 nitrogen and oxygen atoms in total. The maximum atomic E-state index is 13.0. The third-order valence-electron chi connectivity index (χ3n) is 5.77. The first-order valence-electron chi connectivity index (χ1n) is 12.1. The van der Waals surface area contributed by atoms with Gasteiger partial charge in [0, 0.05) is 11.4 Å². The van der Waals surface area contributed by atoms with Gasteiger partial charge in [-0.05, 0) is 74.9 Å². The molecule has 0 heterocycles. The Morgan fingerprint density at radius 2 is 1.05 bits per heavy atom. The molecule has 0 aromatic heterocycles. The highest BCUT2D eigenvalue weighted by Gasteiger charge is 2.18. The second-order valence-corrected chi connectivity index (χ2v) is 10.7. The van der Waals surface area contributed by atoms with Crippen molar-refractivity contribution in [1.29, 1.82) is 0 Å². The molecular weight excluding hydrogens is 514 g/mol. The molecular formula is C29H29N5O4S. The van der Waals surface area contributed by atoms with Crippen molar-refractivity contribution in [3.63, 3.8) is 0 Å². The van der Waals surface area contributed by atoms with Gasteiger partial charge in [-0.25, -0.2) is 18.0 Å². The molecule has 0 fully saturated rings. The number of sulfonamides is 1. The maximum Gasteiger partial charge on any atom is 0.323 e. The number of benzene rings is 4. The predicted octanol–water partition coefficient (Wildman–Crippen LogP) is 6.70. The molecule has 4 aromatic rings. The zero-order valence-corrected chi connectivity index (χ0v) is 22.5. The standard InChI is InChI=1S/C29H29N5O4S/c1-19-8-12-22(13-9-19)30-28(35)32-25-17-16-24(34-39(37,38)27-7-5-4-6-21(27)3)18-26(25)33-29(36)31-23-14-10-20(2)11-15-23/h4-18,34H,1-3H3,(H2,30,32,35)(H2,31,33,36). The highest BCUT2D eigenvalue weighted by atomic mass is 32.2. The van der Waals surface area contributed by atoms with E-state index in [0.29, 0.717) is 16.9 Å². The maximum absolute atomic E-state index is 13.0. The molecule has 0 atom stereocenters. The number of hydrogen-bond acceptors (Lipinski definition) is 4. The molecule has 4 aromatic carbocycles. The van der Waals surface area contributed by atoms with E-state index in [0.717, 1.165) is 11.1 Å². The molecule has 10 heteroatoms. The van der Waals surface area contributed by atoms with Gasteiger partial charge in [-0.1, -0.05) is 53.6 Å². The van der Waals surface area contributed by atoms with Crippen LogP contribution in [0.3, 0.4) is 0 Å². The number of hydrogen-bond donors (Lipinski definition) is 5. The van der Waals surface area contributed by atoms with Crippen molar-refractivity contribution in [1.82, 2.24) is 0 Å². The first-order chi connectivity index (χ1) is 18.6. The predicted molar refractivity (Wildman–Crippen MR) is 156 cm³/mol. The molecule has 0 aliphatic heterocycles. The van der Waals surface area contributed by atoms with Crippen LogP contribution in [0.1, 0.15) is 16.7 Å². The minimum atomic E-state index is -3.90. The Hall–Kier alpha value is -4.83. The summed E-state index contributed by atoms with van der Waals surface area (Å²) in [5, 5.41) is 10.9. The summed E-state index contributed by atoms with van der Waals surface area (Å²) in [5.74, 6) is 0. The van der Waals surface area contributed by atoms with E-state index in [2.05, 4.69) is 26.0 Å². The number of rotatable bonds is 7. The van der Waals surface area contributed by atoms with E-state index in [1.807, 2.05) is 38.1 Å². The van der Waals surface area contributed by atoms with Gasteiger partial charge in [-0.2, -0.15) is 0 Å². The summed E-state index contributed by atoms with van der Waals surface area (Å²) in [6, 6.07) is 24.5. The van der Waals surface area contributed by atoms with E-state index in [-0.39, 0.29) is 22.0 Å². The lowest BCUT2D eigenvalue weighted by Crippen LogP contribution is -2.23. The third kappa shape index (κ3) is 7.36. The first-order valence-corrected chi connectivity index (χ1v) is 13.6. The normalized spacial score (nSPS) is 10.8. The van der Waals surface area contributed by atoms with E-state index in [4.69, 9.17) is 0 Å². The van der Waals surface area contributed by atoms with Crippen LogP contribution in [0.5, 0.6) is 0 Å².